The first-order valence-electron chi connectivity index (χ1n) is 5.54. The van der Waals surface area contributed by atoms with Gasteiger partial charge in [-0.05, 0) is 43.3 Å². The molecule has 1 heterocycles. The SMILES string of the molecule is Cc1ccc(C(=O)Nc2ccc(S(C)(=O)=O)cc2)s1. The maximum Gasteiger partial charge on any atom is 0.265 e. The third-order valence-electron chi connectivity index (χ3n) is 2.50. The van der Waals surface area contributed by atoms with E-state index in [1.54, 1.807) is 18.2 Å². The normalized spacial score (nSPS) is 11.3. The Kier molecular flexibility index (Phi) is 3.73. The molecule has 0 aliphatic carbocycles. The number of carbonyl (C=O) groups is 1. The zero-order valence-corrected chi connectivity index (χ0v) is 12.1. The van der Waals surface area contributed by atoms with Crippen molar-refractivity contribution in [3.05, 3.63) is 46.2 Å². The molecule has 6 heteroatoms. The molecule has 0 saturated heterocycles. The molecule has 0 radical (unpaired) electrons. The van der Waals surface area contributed by atoms with E-state index in [9.17, 15) is 13.2 Å². The Hall–Kier alpha value is -1.66. The van der Waals surface area contributed by atoms with Crippen LogP contribution in [0.4, 0.5) is 5.69 Å². The van der Waals surface area contributed by atoms with Gasteiger partial charge in [0.05, 0.1) is 9.77 Å². The molecule has 100 valence electrons. The lowest BCUT2D eigenvalue weighted by Gasteiger charge is -2.04. The number of hydrogen-bond donors (Lipinski definition) is 1. The zero-order valence-electron chi connectivity index (χ0n) is 10.5. The van der Waals surface area contributed by atoms with Crippen molar-refractivity contribution in [2.24, 2.45) is 0 Å². The molecule has 2 rings (SSSR count). The number of nitrogens with one attached hydrogen (secondary N) is 1. The summed E-state index contributed by atoms with van der Waals surface area (Å²) in [6.07, 6.45) is 1.15. The van der Waals surface area contributed by atoms with E-state index >= 15 is 0 Å². The van der Waals surface area contributed by atoms with Gasteiger partial charge in [0, 0.05) is 16.8 Å². The molecule has 1 aromatic carbocycles. The first-order chi connectivity index (χ1) is 8.86. The van der Waals surface area contributed by atoms with E-state index in [0.29, 0.717) is 10.6 Å². The first kappa shape index (κ1) is 13.8. The summed E-state index contributed by atoms with van der Waals surface area (Å²) in [5.41, 5.74) is 0.573. The third-order valence-corrected chi connectivity index (χ3v) is 4.63. The van der Waals surface area contributed by atoms with Gasteiger partial charge in [0.1, 0.15) is 0 Å². The van der Waals surface area contributed by atoms with E-state index in [4.69, 9.17) is 0 Å². The van der Waals surface area contributed by atoms with Crippen molar-refractivity contribution in [1.29, 1.82) is 0 Å². The number of sulfone groups is 1. The summed E-state index contributed by atoms with van der Waals surface area (Å²) in [4.78, 5) is 13.8. The Morgan fingerprint density at radius 2 is 1.74 bits per heavy atom. The van der Waals surface area contributed by atoms with Gasteiger partial charge in [0.2, 0.25) is 0 Å². The summed E-state index contributed by atoms with van der Waals surface area (Å²) >= 11 is 1.41. The molecular weight excluding hydrogens is 282 g/mol. The lowest BCUT2D eigenvalue weighted by Crippen LogP contribution is -2.10. The van der Waals surface area contributed by atoms with Crippen LogP contribution in [0.25, 0.3) is 0 Å². The van der Waals surface area contributed by atoms with E-state index in [1.165, 1.54) is 23.5 Å². The molecule has 0 aliphatic heterocycles. The predicted molar refractivity (Wildman–Crippen MR) is 76.6 cm³/mol. The van der Waals surface area contributed by atoms with Gasteiger partial charge in [-0.1, -0.05) is 0 Å². The van der Waals surface area contributed by atoms with E-state index in [1.807, 2.05) is 13.0 Å². The van der Waals surface area contributed by atoms with Crippen molar-refractivity contribution in [2.75, 3.05) is 11.6 Å². The van der Waals surface area contributed by atoms with Crippen molar-refractivity contribution in [3.63, 3.8) is 0 Å². The summed E-state index contributed by atoms with van der Waals surface area (Å²) in [5, 5.41) is 2.73. The van der Waals surface area contributed by atoms with Gasteiger partial charge >= 0.3 is 0 Å². The van der Waals surface area contributed by atoms with Gasteiger partial charge in [-0.3, -0.25) is 4.79 Å². The molecule has 2 aromatic rings. The van der Waals surface area contributed by atoms with E-state index < -0.39 is 9.84 Å². The second kappa shape index (κ2) is 5.14. The fraction of sp³-hybridized carbons (Fsp3) is 0.154. The molecule has 4 nitrogen and oxygen atoms in total. The topological polar surface area (TPSA) is 63.2 Å². The minimum Gasteiger partial charge on any atom is -0.321 e. The number of hydrogen-bond acceptors (Lipinski definition) is 4. The molecule has 0 unspecified atom stereocenters. The molecule has 0 bridgehead atoms. The molecule has 0 atom stereocenters. The van der Waals surface area contributed by atoms with Crippen molar-refractivity contribution >= 4 is 32.8 Å². The Morgan fingerprint density at radius 3 is 2.21 bits per heavy atom. The Bertz CT molecular complexity index is 700. The number of anilines is 1. The van der Waals surface area contributed by atoms with E-state index in [-0.39, 0.29) is 10.8 Å². The molecule has 0 aliphatic rings. The van der Waals surface area contributed by atoms with Crippen LogP contribution in [0, 0.1) is 6.92 Å². The zero-order chi connectivity index (χ0) is 14.0. The van der Waals surface area contributed by atoms with Crippen LogP contribution in [0.15, 0.2) is 41.3 Å². The Morgan fingerprint density at radius 1 is 1.11 bits per heavy atom. The summed E-state index contributed by atoms with van der Waals surface area (Å²) < 4.78 is 22.6. The van der Waals surface area contributed by atoms with Crippen LogP contribution < -0.4 is 5.32 Å². The van der Waals surface area contributed by atoms with Gasteiger partial charge in [0.15, 0.2) is 9.84 Å². The number of amides is 1. The molecule has 0 fully saturated rings. The monoisotopic (exact) mass is 295 g/mol. The highest BCUT2D eigenvalue weighted by Crippen LogP contribution is 2.18. The third kappa shape index (κ3) is 3.42. The van der Waals surface area contributed by atoms with Gasteiger partial charge in [-0.25, -0.2) is 8.42 Å². The number of thiophene rings is 1. The average molecular weight is 295 g/mol. The number of rotatable bonds is 3. The van der Waals surface area contributed by atoms with E-state index in [0.717, 1.165) is 11.1 Å². The van der Waals surface area contributed by atoms with Crippen molar-refractivity contribution < 1.29 is 13.2 Å². The molecule has 0 saturated carbocycles. The van der Waals surface area contributed by atoms with E-state index in [2.05, 4.69) is 5.32 Å². The summed E-state index contributed by atoms with van der Waals surface area (Å²) in [6, 6.07) is 9.76. The second-order valence-electron chi connectivity index (χ2n) is 4.16. The maximum absolute atomic E-state index is 11.9. The minimum atomic E-state index is -3.21. The molecule has 1 aromatic heterocycles. The van der Waals surface area contributed by atoms with Crippen LogP contribution >= 0.6 is 11.3 Å². The smallest absolute Gasteiger partial charge is 0.265 e. The number of benzene rings is 1. The van der Waals surface area contributed by atoms with Crippen molar-refractivity contribution in [2.45, 2.75) is 11.8 Å². The van der Waals surface area contributed by atoms with Gasteiger partial charge in [-0.2, -0.15) is 0 Å². The molecular formula is C13H13NO3S2. The standard InChI is InChI=1S/C13H13NO3S2/c1-9-3-8-12(18-9)13(15)14-10-4-6-11(7-5-10)19(2,16)17/h3-8H,1-2H3,(H,14,15). The summed E-state index contributed by atoms with van der Waals surface area (Å²) in [5.74, 6) is -0.190. The Labute approximate surface area is 116 Å². The average Bonchev–Trinajstić information content (AvgIpc) is 2.75. The van der Waals surface area contributed by atoms with Gasteiger partial charge in [0.25, 0.3) is 5.91 Å². The highest BCUT2D eigenvalue weighted by Gasteiger charge is 2.10. The van der Waals surface area contributed by atoms with Crippen LogP contribution in [-0.4, -0.2) is 20.6 Å². The highest BCUT2D eigenvalue weighted by atomic mass is 32.2. The lowest BCUT2D eigenvalue weighted by molar-refractivity contribution is 0.103. The van der Waals surface area contributed by atoms with Crippen LogP contribution in [0.2, 0.25) is 0 Å². The first-order valence-corrected chi connectivity index (χ1v) is 8.25. The molecule has 0 spiro atoms. The van der Waals surface area contributed by atoms with Gasteiger partial charge < -0.3 is 5.32 Å². The fourth-order valence-corrected chi connectivity index (χ4v) is 2.93. The second-order valence-corrected chi connectivity index (χ2v) is 7.46. The summed E-state index contributed by atoms with van der Waals surface area (Å²) in [7, 11) is -3.21. The van der Waals surface area contributed by atoms with Crippen molar-refractivity contribution in [1.82, 2.24) is 0 Å². The molecule has 1 amide bonds. The number of aryl methyl sites for hydroxylation is 1. The maximum atomic E-state index is 11.9. The molecule has 19 heavy (non-hydrogen) atoms. The summed E-state index contributed by atoms with van der Waals surface area (Å²) in [6.45, 7) is 1.93. The van der Waals surface area contributed by atoms with Crippen LogP contribution in [0.3, 0.4) is 0 Å². The van der Waals surface area contributed by atoms with Gasteiger partial charge in [-0.15, -0.1) is 11.3 Å². The minimum absolute atomic E-state index is 0.190. The number of carbonyl (C=O) groups excluding carboxylic acids is 1. The quantitative estimate of drug-likeness (QED) is 0.947. The fourth-order valence-electron chi connectivity index (χ4n) is 1.53. The molecule has 1 N–H and O–H groups in total. The lowest BCUT2D eigenvalue weighted by atomic mass is 10.3. The highest BCUT2D eigenvalue weighted by molar-refractivity contribution is 7.90. The predicted octanol–water partition coefficient (Wildman–Crippen LogP) is 2.71. The Balaban J connectivity index is 2.14. The van der Waals surface area contributed by atoms with Crippen LogP contribution in [0.1, 0.15) is 14.5 Å². The van der Waals surface area contributed by atoms with Crippen LogP contribution in [0.5, 0.6) is 0 Å². The van der Waals surface area contributed by atoms with Crippen LogP contribution in [-0.2, 0) is 9.84 Å². The largest absolute Gasteiger partial charge is 0.321 e. The van der Waals surface area contributed by atoms with Crippen molar-refractivity contribution in [3.8, 4) is 0 Å².